The van der Waals surface area contributed by atoms with Crippen molar-refractivity contribution in [3.63, 3.8) is 0 Å². The molecule has 0 spiro atoms. The summed E-state index contributed by atoms with van der Waals surface area (Å²) >= 11 is 0. The summed E-state index contributed by atoms with van der Waals surface area (Å²) in [6.45, 7) is -0.512. The van der Waals surface area contributed by atoms with E-state index in [2.05, 4.69) is 5.32 Å². The van der Waals surface area contributed by atoms with Crippen molar-refractivity contribution in [2.75, 3.05) is 66.0 Å². The number of piperazine rings is 1. The monoisotopic (exact) mass is 407 g/mol. The van der Waals surface area contributed by atoms with Gasteiger partial charge in [0.15, 0.2) is 13.1 Å². The Morgan fingerprint density at radius 3 is 1.93 bits per heavy atom. The minimum absolute atomic E-state index is 0. The number of carboxylic acid groups (broad SMARTS) is 3. The number of aliphatic carboxylic acids is 3. The van der Waals surface area contributed by atoms with Crippen LogP contribution in [0.25, 0.3) is 0 Å². The summed E-state index contributed by atoms with van der Waals surface area (Å²) in [5.41, 5.74) is 0. The molecule has 2 amide bonds. The van der Waals surface area contributed by atoms with Crippen LogP contribution < -0.4 is 5.32 Å². The summed E-state index contributed by atoms with van der Waals surface area (Å²) in [6, 6.07) is 0. The Balaban J connectivity index is 0.00000729. The number of amides is 2. The van der Waals surface area contributed by atoms with Crippen molar-refractivity contribution in [1.29, 1.82) is 0 Å². The molecule has 0 radical (unpaired) electrons. The van der Waals surface area contributed by atoms with E-state index in [9.17, 15) is 24.0 Å². The van der Waals surface area contributed by atoms with Crippen molar-refractivity contribution >= 4 is 29.7 Å². The van der Waals surface area contributed by atoms with E-state index in [-0.39, 0.29) is 55.8 Å². The van der Waals surface area contributed by atoms with Gasteiger partial charge in [0.1, 0.15) is 0 Å². The minimum Gasteiger partial charge on any atom is -0.480 e. The van der Waals surface area contributed by atoms with Crippen LogP contribution in [0.4, 0.5) is 0 Å². The molecule has 0 unspecified atom stereocenters. The highest BCUT2D eigenvalue weighted by atomic mass is 16.4. The van der Waals surface area contributed by atoms with Gasteiger partial charge in [-0.15, -0.1) is 0 Å². The number of carbonyl (C=O) groups excluding carboxylic acids is 2. The van der Waals surface area contributed by atoms with Crippen LogP contribution in [0.3, 0.4) is 0 Å². The SMILES string of the molecule is CN1C(=O)C[N+](CCNCC(=O)O)(CCN(CC(=O)O)CC(=O)O)CC1=O.O. The average Bonchev–Trinajstić information content (AvgIpc) is 2.53. The first-order valence-corrected chi connectivity index (χ1v) is 8.27. The number of hydrogen-bond acceptors (Lipinski definition) is 7. The average molecular weight is 407 g/mol. The van der Waals surface area contributed by atoms with Crippen molar-refractivity contribution < 1.29 is 49.3 Å². The standard InChI is InChI=1S/C15H24N4O8.H2O/c1-17-11(20)9-19(10-12(17)21,4-2-16-6-13(22)23)5-3-18(7-14(24)25)8-15(26)27;/h16H,2-10H2,1H3,(H2-,22,23,24,25,26,27);1H2/p+1. The van der Waals surface area contributed by atoms with Gasteiger partial charge in [0.2, 0.25) is 0 Å². The molecule has 28 heavy (non-hydrogen) atoms. The zero-order valence-electron chi connectivity index (χ0n) is 15.6. The Bertz CT molecular complexity index is 576. The zero-order valence-corrected chi connectivity index (χ0v) is 15.6. The van der Waals surface area contributed by atoms with E-state index in [4.69, 9.17) is 15.3 Å². The van der Waals surface area contributed by atoms with Crippen LogP contribution in [-0.4, -0.2) is 131 Å². The number of quaternary nitrogens is 1. The lowest BCUT2D eigenvalue weighted by atomic mass is 10.2. The number of imide groups is 1. The summed E-state index contributed by atoms with van der Waals surface area (Å²) in [6.07, 6.45) is 0. The Morgan fingerprint density at radius 1 is 1.00 bits per heavy atom. The molecule has 1 aliphatic heterocycles. The van der Waals surface area contributed by atoms with Gasteiger partial charge in [-0.2, -0.15) is 0 Å². The maximum atomic E-state index is 12.1. The Morgan fingerprint density at radius 2 is 1.50 bits per heavy atom. The smallest absolute Gasteiger partial charge is 0.317 e. The van der Waals surface area contributed by atoms with Gasteiger partial charge < -0.3 is 30.6 Å². The van der Waals surface area contributed by atoms with E-state index in [0.29, 0.717) is 0 Å². The lowest BCUT2D eigenvalue weighted by Gasteiger charge is -2.43. The Kier molecular flexibility index (Phi) is 10.2. The number of hydrogen-bond donors (Lipinski definition) is 4. The first-order chi connectivity index (χ1) is 12.5. The first kappa shape index (κ1) is 25.4. The lowest BCUT2D eigenvalue weighted by Crippen LogP contribution is -2.66. The van der Waals surface area contributed by atoms with Gasteiger partial charge in [-0.05, 0) is 0 Å². The quantitative estimate of drug-likeness (QED) is 0.141. The lowest BCUT2D eigenvalue weighted by molar-refractivity contribution is -0.914. The molecule has 160 valence electrons. The number of carbonyl (C=O) groups is 5. The second-order valence-corrected chi connectivity index (χ2v) is 6.52. The summed E-state index contributed by atoms with van der Waals surface area (Å²) in [4.78, 5) is 58.9. The minimum atomic E-state index is -1.18. The Labute approximate surface area is 161 Å². The van der Waals surface area contributed by atoms with Crippen LogP contribution in [0.1, 0.15) is 0 Å². The molecule has 0 saturated carbocycles. The fraction of sp³-hybridized carbons (Fsp3) is 0.667. The van der Waals surface area contributed by atoms with Gasteiger partial charge in [-0.25, -0.2) is 0 Å². The second-order valence-electron chi connectivity index (χ2n) is 6.52. The van der Waals surface area contributed by atoms with E-state index in [1.54, 1.807) is 0 Å². The molecule has 6 N–H and O–H groups in total. The van der Waals surface area contributed by atoms with E-state index in [1.165, 1.54) is 11.9 Å². The molecule has 0 aromatic rings. The van der Waals surface area contributed by atoms with Crippen molar-refractivity contribution in [2.24, 2.45) is 0 Å². The van der Waals surface area contributed by atoms with E-state index in [0.717, 1.165) is 4.90 Å². The largest absolute Gasteiger partial charge is 0.480 e. The molecule has 1 fully saturated rings. The van der Waals surface area contributed by atoms with Crippen molar-refractivity contribution in [3.8, 4) is 0 Å². The number of likely N-dealkylation sites (N-methyl/N-ethyl adjacent to an activating group) is 1. The number of nitrogens with zero attached hydrogens (tertiary/aromatic N) is 3. The Hall–Kier alpha value is -2.61. The van der Waals surface area contributed by atoms with Crippen LogP contribution in [-0.2, 0) is 24.0 Å². The third kappa shape index (κ3) is 8.39. The van der Waals surface area contributed by atoms with Crippen molar-refractivity contribution in [2.45, 2.75) is 0 Å². The van der Waals surface area contributed by atoms with Gasteiger partial charge in [-0.1, -0.05) is 0 Å². The highest BCUT2D eigenvalue weighted by Gasteiger charge is 2.41. The van der Waals surface area contributed by atoms with Crippen LogP contribution in [0.2, 0.25) is 0 Å². The topological polar surface area (TPSA) is 196 Å². The predicted octanol–water partition coefficient (Wildman–Crippen LogP) is -3.88. The maximum absolute atomic E-state index is 12.1. The van der Waals surface area contributed by atoms with Crippen molar-refractivity contribution in [1.82, 2.24) is 15.1 Å². The highest BCUT2D eigenvalue weighted by Crippen LogP contribution is 2.14. The van der Waals surface area contributed by atoms with Gasteiger partial charge in [-0.3, -0.25) is 33.8 Å². The normalized spacial score (nSPS) is 16.0. The molecule has 0 aliphatic carbocycles. The molecule has 0 bridgehead atoms. The third-order valence-corrected chi connectivity index (χ3v) is 4.34. The predicted molar refractivity (Wildman–Crippen MR) is 93.3 cm³/mol. The summed E-state index contributed by atoms with van der Waals surface area (Å²) < 4.78 is 0.00433. The molecule has 1 aliphatic rings. The van der Waals surface area contributed by atoms with Crippen LogP contribution in [0.15, 0.2) is 0 Å². The van der Waals surface area contributed by atoms with E-state index in [1.807, 2.05) is 0 Å². The molecular weight excluding hydrogens is 380 g/mol. The molecule has 0 aromatic carbocycles. The molecule has 0 atom stereocenters. The van der Waals surface area contributed by atoms with Crippen LogP contribution in [0, 0.1) is 0 Å². The molecule has 13 nitrogen and oxygen atoms in total. The fourth-order valence-corrected chi connectivity index (χ4v) is 2.87. The van der Waals surface area contributed by atoms with Gasteiger partial charge in [0, 0.05) is 20.1 Å². The van der Waals surface area contributed by atoms with Gasteiger partial charge in [0.05, 0.1) is 32.7 Å². The molecule has 1 rings (SSSR count). The zero-order chi connectivity index (χ0) is 20.6. The summed E-state index contributed by atoms with van der Waals surface area (Å²) in [7, 11) is 1.38. The maximum Gasteiger partial charge on any atom is 0.317 e. The molecule has 1 heterocycles. The molecule has 1 saturated heterocycles. The summed E-state index contributed by atoms with van der Waals surface area (Å²) in [5, 5.41) is 29.2. The number of rotatable bonds is 12. The fourth-order valence-electron chi connectivity index (χ4n) is 2.87. The van der Waals surface area contributed by atoms with Crippen molar-refractivity contribution in [3.05, 3.63) is 0 Å². The summed E-state index contributed by atoms with van der Waals surface area (Å²) in [5.74, 6) is -4.20. The second kappa shape index (κ2) is 11.3. The number of carboxylic acids is 3. The first-order valence-electron chi connectivity index (χ1n) is 8.27. The van der Waals surface area contributed by atoms with E-state index < -0.39 is 42.8 Å². The molecular formula is C15H27N4O9+. The van der Waals surface area contributed by atoms with Crippen LogP contribution in [0.5, 0.6) is 0 Å². The third-order valence-electron chi connectivity index (χ3n) is 4.34. The van der Waals surface area contributed by atoms with Gasteiger partial charge in [0.25, 0.3) is 11.8 Å². The van der Waals surface area contributed by atoms with E-state index >= 15 is 0 Å². The van der Waals surface area contributed by atoms with Gasteiger partial charge >= 0.3 is 17.9 Å². The highest BCUT2D eigenvalue weighted by molar-refractivity contribution is 5.97. The number of nitrogens with one attached hydrogen (secondary N) is 1. The molecule has 13 heteroatoms. The molecule has 0 aromatic heterocycles. The van der Waals surface area contributed by atoms with Crippen LogP contribution >= 0.6 is 0 Å².